The van der Waals surface area contributed by atoms with Crippen molar-refractivity contribution in [1.82, 2.24) is 9.99 Å². The van der Waals surface area contributed by atoms with Crippen molar-refractivity contribution in [2.75, 3.05) is 13.2 Å². The number of ether oxygens (including phenoxy) is 1. The van der Waals surface area contributed by atoms with Gasteiger partial charge in [-0.2, -0.15) is 19.1 Å². The van der Waals surface area contributed by atoms with Crippen LogP contribution in [0.2, 0.25) is 0 Å². The van der Waals surface area contributed by atoms with Crippen LogP contribution in [0.5, 0.6) is 5.75 Å². The molecule has 154 valence electrons. The Morgan fingerprint density at radius 2 is 2.03 bits per heavy atom. The fourth-order valence-electron chi connectivity index (χ4n) is 2.55. The van der Waals surface area contributed by atoms with Crippen LogP contribution >= 0.6 is 0 Å². The van der Waals surface area contributed by atoms with Crippen LogP contribution in [0.1, 0.15) is 11.3 Å². The molecule has 0 saturated carbocycles. The van der Waals surface area contributed by atoms with E-state index in [1.54, 1.807) is 6.07 Å². The summed E-state index contributed by atoms with van der Waals surface area (Å²) in [4.78, 5) is 3.54. The quantitative estimate of drug-likeness (QED) is 0.196. The molecule has 1 aromatic carbocycles. The minimum absolute atomic E-state index is 0.0262. The number of alkyl halides is 2. The van der Waals surface area contributed by atoms with Gasteiger partial charge in [0.2, 0.25) is 0 Å². The highest BCUT2D eigenvalue weighted by atomic mass is 19.3. The van der Waals surface area contributed by atoms with Crippen molar-refractivity contribution < 1.29 is 27.4 Å². The number of aliphatic hydroxyl groups is 1. The summed E-state index contributed by atoms with van der Waals surface area (Å²) in [6.07, 6.45) is 1.64. The number of nitrogens with two attached hydrogens (primary N) is 2. The van der Waals surface area contributed by atoms with E-state index in [9.17, 15) is 13.9 Å². The third-order valence-corrected chi connectivity index (χ3v) is 3.88. The summed E-state index contributed by atoms with van der Waals surface area (Å²) >= 11 is 0. The SMILES string of the molecule is N#CCOc1ccc(C(F)(F)C(O)(CN(N)/C=N\N)c2ccc(F)cc2F)nc1. The van der Waals surface area contributed by atoms with Gasteiger partial charge in [-0.3, -0.25) is 9.99 Å². The molecule has 1 heterocycles. The van der Waals surface area contributed by atoms with E-state index in [1.807, 2.05) is 0 Å². The molecule has 8 nitrogen and oxygen atoms in total. The van der Waals surface area contributed by atoms with Gasteiger partial charge in [-0.25, -0.2) is 14.6 Å². The number of aromatic nitrogens is 1. The lowest BCUT2D eigenvalue weighted by Gasteiger charge is -2.37. The predicted octanol–water partition coefficient (Wildman–Crippen LogP) is 1.32. The van der Waals surface area contributed by atoms with E-state index < -0.39 is 41.0 Å². The van der Waals surface area contributed by atoms with Crippen molar-refractivity contribution in [2.45, 2.75) is 11.5 Å². The first-order valence-electron chi connectivity index (χ1n) is 7.92. The van der Waals surface area contributed by atoms with E-state index in [0.29, 0.717) is 23.2 Å². The van der Waals surface area contributed by atoms with Gasteiger partial charge < -0.3 is 15.7 Å². The van der Waals surface area contributed by atoms with E-state index >= 15 is 8.78 Å². The number of rotatable bonds is 8. The fourth-order valence-corrected chi connectivity index (χ4v) is 2.55. The Kier molecular flexibility index (Phi) is 6.57. The molecule has 12 heteroatoms. The molecule has 0 amide bonds. The van der Waals surface area contributed by atoms with Gasteiger partial charge in [0.1, 0.15) is 35.5 Å². The highest BCUT2D eigenvalue weighted by Gasteiger charge is 2.58. The third-order valence-electron chi connectivity index (χ3n) is 3.88. The topological polar surface area (TPSA) is 134 Å². The molecule has 0 aliphatic heterocycles. The molecule has 0 saturated heterocycles. The maximum absolute atomic E-state index is 15.3. The first-order chi connectivity index (χ1) is 13.7. The highest BCUT2D eigenvalue weighted by molar-refractivity contribution is 5.53. The maximum atomic E-state index is 15.3. The molecular formula is C17H16F4N6O2. The average molecular weight is 412 g/mol. The summed E-state index contributed by atoms with van der Waals surface area (Å²) in [5, 5.41) is 22.9. The molecule has 0 spiro atoms. The zero-order valence-electron chi connectivity index (χ0n) is 14.8. The fraction of sp³-hybridized carbons (Fsp3) is 0.235. The highest BCUT2D eigenvalue weighted by Crippen LogP contribution is 2.46. The number of hydrazine groups is 1. The van der Waals surface area contributed by atoms with E-state index in [0.717, 1.165) is 24.7 Å². The normalized spacial score (nSPS) is 13.7. The summed E-state index contributed by atoms with van der Waals surface area (Å²) in [6.45, 7) is -1.40. The first-order valence-corrected chi connectivity index (χ1v) is 7.92. The Balaban J connectivity index is 2.55. The van der Waals surface area contributed by atoms with Crippen molar-refractivity contribution in [1.29, 1.82) is 5.26 Å². The zero-order chi connectivity index (χ0) is 21.7. The molecule has 29 heavy (non-hydrogen) atoms. The Bertz CT molecular complexity index is 919. The van der Waals surface area contributed by atoms with Crippen molar-refractivity contribution in [3.05, 3.63) is 59.4 Å². The molecule has 0 bridgehead atoms. The molecule has 1 atom stereocenters. The van der Waals surface area contributed by atoms with Gasteiger partial charge in [-0.1, -0.05) is 0 Å². The molecule has 1 unspecified atom stereocenters. The number of hydrogen-bond acceptors (Lipinski definition) is 7. The van der Waals surface area contributed by atoms with E-state index in [2.05, 4.69) is 10.1 Å². The lowest BCUT2D eigenvalue weighted by Crippen LogP contribution is -2.53. The van der Waals surface area contributed by atoms with E-state index in [-0.39, 0.29) is 12.4 Å². The van der Waals surface area contributed by atoms with E-state index in [1.165, 1.54) is 0 Å². The Morgan fingerprint density at radius 1 is 1.31 bits per heavy atom. The van der Waals surface area contributed by atoms with Gasteiger partial charge in [-0.05, 0) is 24.3 Å². The van der Waals surface area contributed by atoms with E-state index in [4.69, 9.17) is 21.7 Å². The standard InChI is InChI=1S/C17H16F4N6O2/c18-11-1-3-13(14(19)7-11)16(28,9-27(24)10-26-23)17(20,21)15-4-2-12(8-25-15)29-6-5-22/h1-4,7-8,10,28H,6,9,23-24H2/b26-10-. The predicted molar refractivity (Wildman–Crippen MR) is 93.1 cm³/mol. The number of hydrazone groups is 1. The zero-order valence-corrected chi connectivity index (χ0v) is 14.8. The summed E-state index contributed by atoms with van der Waals surface area (Å²) < 4.78 is 63.2. The van der Waals surface area contributed by atoms with Crippen LogP contribution in [0.4, 0.5) is 17.6 Å². The van der Waals surface area contributed by atoms with Crippen LogP contribution < -0.4 is 16.4 Å². The van der Waals surface area contributed by atoms with Gasteiger partial charge in [-0.15, -0.1) is 0 Å². The monoisotopic (exact) mass is 412 g/mol. The summed E-state index contributed by atoms with van der Waals surface area (Å²) in [6, 6.07) is 5.36. The molecule has 0 radical (unpaired) electrons. The van der Waals surface area contributed by atoms with Crippen molar-refractivity contribution in [3.8, 4) is 11.8 Å². The Labute approximate surface area is 162 Å². The minimum atomic E-state index is -4.21. The Hall–Kier alpha value is -3.43. The second-order valence-corrected chi connectivity index (χ2v) is 5.82. The van der Waals surface area contributed by atoms with Crippen LogP contribution in [-0.2, 0) is 11.5 Å². The van der Waals surface area contributed by atoms with Gasteiger partial charge in [0, 0.05) is 11.6 Å². The number of hydrogen-bond donors (Lipinski definition) is 3. The third kappa shape index (κ3) is 4.53. The number of halogens is 4. The number of benzene rings is 1. The van der Waals surface area contributed by atoms with Gasteiger partial charge in [0.15, 0.2) is 12.2 Å². The molecule has 0 aliphatic carbocycles. The molecular weight excluding hydrogens is 396 g/mol. The largest absolute Gasteiger partial charge is 0.477 e. The molecule has 1 aromatic heterocycles. The molecule has 2 rings (SSSR count). The second-order valence-electron chi connectivity index (χ2n) is 5.82. The van der Waals surface area contributed by atoms with Crippen LogP contribution in [-0.4, -0.2) is 34.6 Å². The van der Waals surface area contributed by atoms with Crippen LogP contribution in [0.3, 0.4) is 0 Å². The van der Waals surface area contributed by atoms with Crippen molar-refractivity contribution >= 4 is 6.34 Å². The van der Waals surface area contributed by atoms with Crippen LogP contribution in [0.15, 0.2) is 41.6 Å². The smallest absolute Gasteiger partial charge is 0.323 e. The van der Waals surface area contributed by atoms with Gasteiger partial charge in [0.25, 0.3) is 0 Å². The number of pyridine rings is 1. The van der Waals surface area contributed by atoms with Crippen LogP contribution in [0, 0.1) is 23.0 Å². The van der Waals surface area contributed by atoms with Gasteiger partial charge >= 0.3 is 5.92 Å². The summed E-state index contributed by atoms with van der Waals surface area (Å²) in [5.41, 5.74) is -5.16. The summed E-state index contributed by atoms with van der Waals surface area (Å²) in [5.74, 6) is 3.78. The van der Waals surface area contributed by atoms with Crippen LogP contribution in [0.25, 0.3) is 0 Å². The maximum Gasteiger partial charge on any atom is 0.323 e. The van der Waals surface area contributed by atoms with Gasteiger partial charge in [0.05, 0.1) is 12.7 Å². The molecule has 2 aromatic rings. The number of nitrogens with zero attached hydrogens (tertiary/aromatic N) is 4. The molecule has 5 N–H and O–H groups in total. The lowest BCUT2D eigenvalue weighted by molar-refractivity contribution is -0.203. The summed E-state index contributed by atoms with van der Waals surface area (Å²) in [7, 11) is 0. The average Bonchev–Trinajstić information content (AvgIpc) is 2.66. The second kappa shape index (κ2) is 8.72. The number of nitriles is 1. The molecule has 0 fully saturated rings. The first kappa shape index (κ1) is 21.9. The van der Waals surface area contributed by atoms with Crippen molar-refractivity contribution in [3.63, 3.8) is 0 Å². The Morgan fingerprint density at radius 3 is 2.59 bits per heavy atom. The molecule has 0 aliphatic rings. The van der Waals surface area contributed by atoms with Crippen molar-refractivity contribution in [2.24, 2.45) is 16.8 Å². The lowest BCUT2D eigenvalue weighted by atomic mass is 9.84. The minimum Gasteiger partial charge on any atom is -0.477 e.